The Morgan fingerprint density at radius 1 is 1.11 bits per heavy atom. The second-order valence-electron chi connectivity index (χ2n) is 6.56. The van der Waals surface area contributed by atoms with Crippen molar-refractivity contribution in [3.05, 3.63) is 0 Å². The van der Waals surface area contributed by atoms with Gasteiger partial charge >= 0.3 is 0 Å². The third kappa shape index (κ3) is 2.73. The van der Waals surface area contributed by atoms with Crippen LogP contribution in [0.25, 0.3) is 0 Å². The van der Waals surface area contributed by atoms with E-state index in [0.717, 1.165) is 0 Å². The predicted octanol–water partition coefficient (Wildman–Crippen LogP) is 2.16. The molecule has 2 aliphatic heterocycles. The summed E-state index contributed by atoms with van der Waals surface area (Å²) in [6.45, 7) is 3.61. The first-order valence-corrected chi connectivity index (χ1v) is 7.86. The molecular weight excluding hydrogens is 224 g/mol. The van der Waals surface area contributed by atoms with Gasteiger partial charge in [-0.1, -0.05) is 19.3 Å². The van der Waals surface area contributed by atoms with Crippen molar-refractivity contribution in [2.24, 2.45) is 0 Å². The van der Waals surface area contributed by atoms with Gasteiger partial charge in [0.25, 0.3) is 0 Å². The number of hydrogen-bond donors (Lipinski definition) is 1. The molecule has 0 aromatic rings. The van der Waals surface area contributed by atoms with E-state index in [-0.39, 0.29) is 0 Å². The summed E-state index contributed by atoms with van der Waals surface area (Å²) in [5.41, 5.74) is 0.440. The lowest BCUT2D eigenvalue weighted by atomic mass is 9.79. The first-order valence-electron chi connectivity index (χ1n) is 7.86. The minimum absolute atomic E-state index is 0.440. The van der Waals surface area contributed by atoms with Crippen LogP contribution in [-0.2, 0) is 4.74 Å². The lowest BCUT2D eigenvalue weighted by Crippen LogP contribution is -2.49. The van der Waals surface area contributed by atoms with Gasteiger partial charge in [0.1, 0.15) is 0 Å². The summed E-state index contributed by atoms with van der Waals surface area (Å²) >= 11 is 0. The lowest BCUT2D eigenvalue weighted by molar-refractivity contribution is -0.0409. The molecule has 3 heteroatoms. The third-order valence-electron chi connectivity index (χ3n) is 5.37. The summed E-state index contributed by atoms with van der Waals surface area (Å²) in [5, 5.41) is 3.64. The fraction of sp³-hybridized carbons (Fsp3) is 1.00. The molecule has 2 saturated heterocycles. The van der Waals surface area contributed by atoms with Crippen LogP contribution in [-0.4, -0.2) is 49.3 Å². The van der Waals surface area contributed by atoms with Gasteiger partial charge < -0.3 is 10.1 Å². The van der Waals surface area contributed by atoms with Crippen LogP contribution in [0.2, 0.25) is 0 Å². The fourth-order valence-corrected chi connectivity index (χ4v) is 4.11. The first kappa shape index (κ1) is 12.9. The van der Waals surface area contributed by atoms with E-state index < -0.39 is 0 Å². The van der Waals surface area contributed by atoms with Crippen LogP contribution in [0.4, 0.5) is 0 Å². The summed E-state index contributed by atoms with van der Waals surface area (Å²) in [5.74, 6) is 0. The number of morpholine rings is 1. The van der Waals surface area contributed by atoms with Gasteiger partial charge in [-0.2, -0.15) is 0 Å². The summed E-state index contributed by atoms with van der Waals surface area (Å²) in [6.07, 6.45) is 12.0. The molecular formula is C15H28N2O. The maximum Gasteiger partial charge on any atom is 0.0707 e. The number of rotatable bonds is 4. The second-order valence-corrected chi connectivity index (χ2v) is 6.56. The molecule has 0 aromatic carbocycles. The van der Waals surface area contributed by atoms with Crippen molar-refractivity contribution < 1.29 is 4.74 Å². The molecule has 3 aliphatic rings. The number of likely N-dealkylation sites (tertiary alicyclic amines) is 1. The maximum atomic E-state index is 5.91. The van der Waals surface area contributed by atoms with Crippen LogP contribution in [0.5, 0.6) is 0 Å². The fourth-order valence-electron chi connectivity index (χ4n) is 4.11. The SMILES string of the molecule is CNC1(CCN2CC3CCC(C2)O3)CCCCC1. The second kappa shape index (κ2) is 5.48. The third-order valence-corrected chi connectivity index (χ3v) is 5.37. The Hall–Kier alpha value is -0.120. The van der Waals surface area contributed by atoms with Crippen molar-refractivity contribution in [3.8, 4) is 0 Å². The zero-order valence-electron chi connectivity index (χ0n) is 11.8. The van der Waals surface area contributed by atoms with Gasteiger partial charge in [-0.25, -0.2) is 0 Å². The van der Waals surface area contributed by atoms with Crippen LogP contribution in [0.15, 0.2) is 0 Å². The molecule has 3 fully saturated rings. The van der Waals surface area contributed by atoms with E-state index in [1.54, 1.807) is 0 Å². The Balaban J connectivity index is 1.50. The highest BCUT2D eigenvalue weighted by molar-refractivity contribution is 4.92. The zero-order valence-corrected chi connectivity index (χ0v) is 11.8. The molecule has 2 heterocycles. The van der Waals surface area contributed by atoms with Crippen LogP contribution >= 0.6 is 0 Å². The number of ether oxygens (including phenoxy) is 1. The molecule has 1 aliphatic carbocycles. The Morgan fingerprint density at radius 2 is 1.78 bits per heavy atom. The minimum atomic E-state index is 0.440. The van der Waals surface area contributed by atoms with Gasteiger partial charge in [-0.3, -0.25) is 4.90 Å². The average molecular weight is 252 g/mol. The molecule has 3 nitrogen and oxygen atoms in total. The van der Waals surface area contributed by atoms with E-state index in [2.05, 4.69) is 17.3 Å². The highest BCUT2D eigenvalue weighted by Crippen LogP contribution is 2.32. The summed E-state index contributed by atoms with van der Waals surface area (Å²) in [4.78, 5) is 2.65. The Morgan fingerprint density at radius 3 is 2.39 bits per heavy atom. The highest BCUT2D eigenvalue weighted by atomic mass is 16.5. The first-order chi connectivity index (χ1) is 8.80. The van der Waals surface area contributed by atoms with E-state index in [4.69, 9.17) is 4.74 Å². The molecule has 2 bridgehead atoms. The van der Waals surface area contributed by atoms with Crippen LogP contribution in [0.1, 0.15) is 51.4 Å². The topological polar surface area (TPSA) is 24.5 Å². The molecule has 2 unspecified atom stereocenters. The summed E-state index contributed by atoms with van der Waals surface area (Å²) in [7, 11) is 2.16. The minimum Gasteiger partial charge on any atom is -0.372 e. The van der Waals surface area contributed by atoms with Crippen LogP contribution in [0, 0.1) is 0 Å². The number of hydrogen-bond acceptors (Lipinski definition) is 3. The van der Waals surface area contributed by atoms with Crippen LogP contribution in [0.3, 0.4) is 0 Å². The normalized spacial score (nSPS) is 35.8. The lowest BCUT2D eigenvalue weighted by Gasteiger charge is -2.40. The van der Waals surface area contributed by atoms with Gasteiger partial charge in [0.15, 0.2) is 0 Å². The monoisotopic (exact) mass is 252 g/mol. The molecule has 1 N–H and O–H groups in total. The van der Waals surface area contributed by atoms with Crippen molar-refractivity contribution in [2.75, 3.05) is 26.7 Å². The highest BCUT2D eigenvalue weighted by Gasteiger charge is 2.35. The number of nitrogens with zero attached hydrogens (tertiary/aromatic N) is 1. The van der Waals surface area contributed by atoms with Gasteiger partial charge in [-0.05, 0) is 39.2 Å². The smallest absolute Gasteiger partial charge is 0.0707 e. The van der Waals surface area contributed by atoms with Crippen molar-refractivity contribution in [2.45, 2.75) is 69.1 Å². The maximum absolute atomic E-state index is 5.91. The molecule has 0 radical (unpaired) electrons. The van der Waals surface area contributed by atoms with Gasteiger partial charge in [0.05, 0.1) is 12.2 Å². The van der Waals surface area contributed by atoms with Crippen molar-refractivity contribution in [1.82, 2.24) is 10.2 Å². The molecule has 18 heavy (non-hydrogen) atoms. The molecule has 0 aromatic heterocycles. The average Bonchev–Trinajstić information content (AvgIpc) is 2.77. The van der Waals surface area contributed by atoms with Gasteiger partial charge in [-0.15, -0.1) is 0 Å². The molecule has 104 valence electrons. The summed E-state index contributed by atoms with van der Waals surface area (Å²) < 4.78 is 5.91. The van der Waals surface area contributed by atoms with E-state index in [1.165, 1.54) is 71.0 Å². The van der Waals surface area contributed by atoms with Crippen molar-refractivity contribution >= 4 is 0 Å². The Kier molecular flexibility index (Phi) is 3.92. The van der Waals surface area contributed by atoms with E-state index in [0.29, 0.717) is 17.7 Å². The van der Waals surface area contributed by atoms with E-state index in [1.807, 2.05) is 0 Å². The molecule has 2 atom stereocenters. The molecule has 0 amide bonds. The standard InChI is InChI=1S/C15H28N2O/c1-16-15(7-3-2-4-8-15)9-10-17-11-13-5-6-14(12-17)18-13/h13-14,16H,2-12H2,1H3. The molecule has 1 saturated carbocycles. The van der Waals surface area contributed by atoms with Gasteiger partial charge in [0, 0.05) is 25.2 Å². The molecule has 3 rings (SSSR count). The zero-order chi connectivity index (χ0) is 12.4. The van der Waals surface area contributed by atoms with E-state index in [9.17, 15) is 0 Å². The quantitative estimate of drug-likeness (QED) is 0.830. The molecule has 0 spiro atoms. The number of nitrogens with one attached hydrogen (secondary N) is 1. The van der Waals surface area contributed by atoms with Gasteiger partial charge in [0.2, 0.25) is 0 Å². The van der Waals surface area contributed by atoms with Crippen LogP contribution < -0.4 is 5.32 Å². The van der Waals surface area contributed by atoms with Crippen molar-refractivity contribution in [3.63, 3.8) is 0 Å². The largest absolute Gasteiger partial charge is 0.372 e. The summed E-state index contributed by atoms with van der Waals surface area (Å²) in [6, 6.07) is 0. The van der Waals surface area contributed by atoms with Crippen molar-refractivity contribution in [1.29, 1.82) is 0 Å². The number of fused-ring (bicyclic) bond motifs is 2. The van der Waals surface area contributed by atoms with E-state index >= 15 is 0 Å². The Bertz CT molecular complexity index is 264. The predicted molar refractivity (Wildman–Crippen MR) is 73.8 cm³/mol. The Labute approximate surface area is 111 Å².